The summed E-state index contributed by atoms with van der Waals surface area (Å²) in [5, 5.41) is 3.51. The molecule has 2 aromatic rings. The molecule has 0 amide bonds. The summed E-state index contributed by atoms with van der Waals surface area (Å²) in [5.74, 6) is 1.65. The molecule has 0 radical (unpaired) electrons. The van der Waals surface area contributed by atoms with Crippen LogP contribution < -0.4 is 14.8 Å². The van der Waals surface area contributed by atoms with Crippen molar-refractivity contribution in [1.82, 2.24) is 5.32 Å². The second-order valence-electron chi connectivity index (χ2n) is 5.96. The number of hydrogen-bond donors (Lipinski definition) is 1. The Morgan fingerprint density at radius 1 is 1.08 bits per heavy atom. The van der Waals surface area contributed by atoms with Crippen LogP contribution >= 0.6 is 0 Å². The van der Waals surface area contributed by atoms with Gasteiger partial charge in [0.25, 0.3) is 0 Å². The van der Waals surface area contributed by atoms with Crippen LogP contribution in [0, 0.1) is 0 Å². The minimum Gasteiger partial charge on any atom is -0.490 e. The summed E-state index contributed by atoms with van der Waals surface area (Å²) < 4.78 is 22.9. The summed E-state index contributed by atoms with van der Waals surface area (Å²) in [6, 6.07) is 14.2. The van der Waals surface area contributed by atoms with E-state index in [2.05, 4.69) is 24.4 Å². The fourth-order valence-electron chi connectivity index (χ4n) is 2.64. The second kappa shape index (κ2) is 7.81. The predicted molar refractivity (Wildman–Crippen MR) is 96.1 cm³/mol. The van der Waals surface area contributed by atoms with Gasteiger partial charge in [0.2, 0.25) is 0 Å². The molecule has 24 heavy (non-hydrogen) atoms. The maximum atomic E-state index is 11.4. The molecule has 1 aliphatic rings. The summed E-state index contributed by atoms with van der Waals surface area (Å²) >= 11 is 0. The van der Waals surface area contributed by atoms with E-state index in [1.807, 2.05) is 30.3 Å². The fourth-order valence-corrected chi connectivity index (χ4v) is 3.16. The van der Waals surface area contributed by atoms with Crippen LogP contribution in [0.5, 0.6) is 11.5 Å². The van der Waals surface area contributed by atoms with Crippen LogP contribution in [0.15, 0.2) is 47.4 Å². The third kappa shape index (κ3) is 4.16. The largest absolute Gasteiger partial charge is 0.490 e. The molecule has 0 aliphatic carbocycles. The Balaban J connectivity index is 1.63. The number of hydrogen-bond acceptors (Lipinski definition) is 4. The number of rotatable bonds is 5. The molecule has 0 saturated carbocycles. The smallest absolute Gasteiger partial charge is 0.161 e. The molecule has 2 aromatic carbocycles. The summed E-state index contributed by atoms with van der Waals surface area (Å²) in [4.78, 5) is 0.856. The summed E-state index contributed by atoms with van der Waals surface area (Å²) in [6.45, 7) is 4.29. The van der Waals surface area contributed by atoms with Crippen LogP contribution in [0.2, 0.25) is 0 Å². The Bertz CT molecular complexity index is 715. The van der Waals surface area contributed by atoms with Crippen LogP contribution in [-0.2, 0) is 17.3 Å². The van der Waals surface area contributed by atoms with Crippen molar-refractivity contribution in [3.8, 4) is 11.5 Å². The first-order chi connectivity index (χ1) is 11.6. The van der Waals surface area contributed by atoms with E-state index in [1.54, 1.807) is 6.26 Å². The van der Waals surface area contributed by atoms with Crippen LogP contribution in [-0.4, -0.2) is 23.7 Å². The van der Waals surface area contributed by atoms with E-state index < -0.39 is 10.8 Å². The molecule has 0 bridgehead atoms. The lowest BCUT2D eigenvalue weighted by Gasteiger charge is -2.16. The Morgan fingerprint density at radius 3 is 2.50 bits per heavy atom. The zero-order chi connectivity index (χ0) is 16.9. The van der Waals surface area contributed by atoms with Gasteiger partial charge in [-0.15, -0.1) is 0 Å². The first-order valence-corrected chi connectivity index (χ1v) is 9.74. The molecule has 3 rings (SSSR count). The number of nitrogens with one attached hydrogen (secondary N) is 1. The first kappa shape index (κ1) is 17.0. The molecule has 128 valence electrons. The Labute approximate surface area is 145 Å². The number of benzene rings is 2. The van der Waals surface area contributed by atoms with Crippen molar-refractivity contribution < 1.29 is 13.7 Å². The maximum absolute atomic E-state index is 11.4. The van der Waals surface area contributed by atoms with Gasteiger partial charge in [-0.3, -0.25) is 4.21 Å². The summed E-state index contributed by atoms with van der Waals surface area (Å²) in [6.07, 6.45) is 2.61. The van der Waals surface area contributed by atoms with Crippen molar-refractivity contribution in [3.63, 3.8) is 0 Å². The van der Waals surface area contributed by atoms with Crippen molar-refractivity contribution >= 4 is 10.8 Å². The minimum atomic E-state index is -0.929. The SMILES string of the molecule is C[C@@H](NCc1ccc([S@@](C)=O)cc1)c1ccc2c(c1)OCCCO2. The quantitative estimate of drug-likeness (QED) is 0.902. The van der Waals surface area contributed by atoms with Gasteiger partial charge in [-0.2, -0.15) is 0 Å². The Morgan fingerprint density at radius 2 is 1.79 bits per heavy atom. The highest BCUT2D eigenvalue weighted by Gasteiger charge is 2.13. The van der Waals surface area contributed by atoms with Gasteiger partial charge in [-0.05, 0) is 42.3 Å². The van der Waals surface area contributed by atoms with Crippen LogP contribution in [0.4, 0.5) is 0 Å². The number of fused-ring (bicyclic) bond motifs is 1. The molecule has 0 saturated heterocycles. The third-order valence-electron chi connectivity index (χ3n) is 4.14. The zero-order valence-corrected chi connectivity index (χ0v) is 14.9. The van der Waals surface area contributed by atoms with E-state index in [1.165, 1.54) is 11.1 Å². The molecule has 5 heteroatoms. The standard InChI is InChI=1S/C19H23NO3S/c1-14(20-13-15-4-7-17(8-5-15)24(2)21)16-6-9-18-19(12-16)23-11-3-10-22-18/h4-9,12,14,20H,3,10-11,13H2,1-2H3/t14-,24-/m1/s1. The lowest BCUT2D eigenvalue weighted by atomic mass is 10.1. The monoisotopic (exact) mass is 345 g/mol. The molecule has 0 spiro atoms. The van der Waals surface area contributed by atoms with Crippen molar-refractivity contribution in [1.29, 1.82) is 0 Å². The second-order valence-corrected chi connectivity index (χ2v) is 7.34. The van der Waals surface area contributed by atoms with Crippen molar-refractivity contribution in [2.24, 2.45) is 0 Å². The highest BCUT2D eigenvalue weighted by atomic mass is 32.2. The lowest BCUT2D eigenvalue weighted by Crippen LogP contribution is -2.18. The fraction of sp³-hybridized carbons (Fsp3) is 0.368. The van der Waals surface area contributed by atoms with Gasteiger partial charge in [0.15, 0.2) is 11.5 Å². The van der Waals surface area contributed by atoms with Gasteiger partial charge in [-0.25, -0.2) is 0 Å². The van der Waals surface area contributed by atoms with Gasteiger partial charge in [0.1, 0.15) is 0 Å². The van der Waals surface area contributed by atoms with Gasteiger partial charge in [0, 0.05) is 41.0 Å². The lowest BCUT2D eigenvalue weighted by molar-refractivity contribution is 0.297. The topological polar surface area (TPSA) is 47.6 Å². The van der Waals surface area contributed by atoms with E-state index in [0.29, 0.717) is 13.2 Å². The molecule has 1 aliphatic heterocycles. The molecule has 0 fully saturated rings. The van der Waals surface area contributed by atoms with Gasteiger partial charge < -0.3 is 14.8 Å². The first-order valence-electron chi connectivity index (χ1n) is 8.19. The molecule has 4 nitrogen and oxygen atoms in total. The van der Waals surface area contributed by atoms with Crippen LogP contribution in [0.25, 0.3) is 0 Å². The minimum absolute atomic E-state index is 0.196. The molecular weight excluding hydrogens is 322 g/mol. The highest BCUT2D eigenvalue weighted by molar-refractivity contribution is 7.84. The van der Waals surface area contributed by atoms with Crippen molar-refractivity contribution in [2.45, 2.75) is 30.8 Å². The van der Waals surface area contributed by atoms with Crippen molar-refractivity contribution in [2.75, 3.05) is 19.5 Å². The summed E-state index contributed by atoms with van der Waals surface area (Å²) in [5.41, 5.74) is 2.34. The van der Waals surface area contributed by atoms with Crippen LogP contribution in [0.1, 0.15) is 30.5 Å². The zero-order valence-electron chi connectivity index (χ0n) is 14.1. The van der Waals surface area contributed by atoms with Gasteiger partial charge >= 0.3 is 0 Å². The molecule has 1 heterocycles. The predicted octanol–water partition coefficient (Wildman–Crippen LogP) is 3.44. The molecule has 2 atom stereocenters. The van der Waals surface area contributed by atoms with Crippen LogP contribution in [0.3, 0.4) is 0 Å². The molecular formula is C19H23NO3S. The normalized spacial score (nSPS) is 16.2. The van der Waals surface area contributed by atoms with Gasteiger partial charge in [0.05, 0.1) is 13.2 Å². The van der Waals surface area contributed by atoms with E-state index in [-0.39, 0.29) is 6.04 Å². The van der Waals surface area contributed by atoms with E-state index in [4.69, 9.17) is 9.47 Å². The summed E-state index contributed by atoms with van der Waals surface area (Å²) in [7, 11) is -0.929. The van der Waals surface area contributed by atoms with Crippen molar-refractivity contribution in [3.05, 3.63) is 53.6 Å². The molecule has 1 N–H and O–H groups in total. The highest BCUT2D eigenvalue weighted by Crippen LogP contribution is 2.32. The van der Waals surface area contributed by atoms with E-state index in [0.717, 1.165) is 29.4 Å². The van der Waals surface area contributed by atoms with E-state index >= 15 is 0 Å². The average molecular weight is 345 g/mol. The van der Waals surface area contributed by atoms with E-state index in [9.17, 15) is 4.21 Å². The third-order valence-corrected chi connectivity index (χ3v) is 5.08. The van der Waals surface area contributed by atoms with Gasteiger partial charge in [-0.1, -0.05) is 18.2 Å². The molecule has 0 unspecified atom stereocenters. The average Bonchev–Trinajstić information content (AvgIpc) is 2.84. The Kier molecular flexibility index (Phi) is 5.53. The maximum Gasteiger partial charge on any atom is 0.161 e. The number of ether oxygens (including phenoxy) is 2. The Hall–Kier alpha value is -1.85. The molecule has 0 aromatic heterocycles.